The number of aromatic nitrogens is 3. The van der Waals surface area contributed by atoms with E-state index in [4.69, 9.17) is 27.9 Å². The fourth-order valence-electron chi connectivity index (χ4n) is 1.36. The third-order valence-corrected chi connectivity index (χ3v) is 2.80. The van der Waals surface area contributed by atoms with Gasteiger partial charge < -0.3 is 4.74 Å². The summed E-state index contributed by atoms with van der Waals surface area (Å²) in [5.74, 6) is -0.166. The second-order valence-electron chi connectivity index (χ2n) is 3.29. The molecule has 0 saturated carbocycles. The van der Waals surface area contributed by atoms with Crippen LogP contribution < -0.4 is 0 Å². The van der Waals surface area contributed by atoms with Crippen molar-refractivity contribution in [3.05, 3.63) is 40.3 Å². The lowest BCUT2D eigenvalue weighted by atomic mass is 10.4. The number of nitrogens with zero attached hydrogens (tertiary/aromatic N) is 3. The van der Waals surface area contributed by atoms with Crippen LogP contribution in [0.4, 0.5) is 0 Å². The minimum Gasteiger partial charge on any atom is -0.462 e. The molecule has 2 aromatic rings. The molecule has 0 aliphatic heterocycles. The first-order valence-corrected chi connectivity index (χ1v) is 5.92. The van der Waals surface area contributed by atoms with E-state index in [1.807, 2.05) is 0 Å². The highest BCUT2D eigenvalue weighted by Crippen LogP contribution is 2.24. The molecule has 0 N–H and O–H groups in total. The van der Waals surface area contributed by atoms with Gasteiger partial charge in [-0.15, -0.1) is 0 Å². The summed E-state index contributed by atoms with van der Waals surface area (Å²) in [6, 6.07) is 3.35. The summed E-state index contributed by atoms with van der Waals surface area (Å²) in [6.45, 7) is 1.98. The van der Waals surface area contributed by atoms with Crippen molar-refractivity contribution >= 4 is 29.2 Å². The lowest BCUT2D eigenvalue weighted by molar-refractivity contribution is 0.0526. The summed E-state index contributed by atoms with van der Waals surface area (Å²) in [5.41, 5.74) is 0.181. The fraction of sp³-hybridized carbons (Fsp3) is 0.182. The van der Waals surface area contributed by atoms with E-state index in [9.17, 15) is 4.79 Å². The lowest BCUT2D eigenvalue weighted by Crippen LogP contribution is -2.05. The van der Waals surface area contributed by atoms with Gasteiger partial charge in [-0.1, -0.05) is 23.2 Å². The summed E-state index contributed by atoms with van der Waals surface area (Å²) in [4.78, 5) is 15.6. The number of hydrogen-bond acceptors (Lipinski definition) is 4. The van der Waals surface area contributed by atoms with Crippen molar-refractivity contribution in [1.29, 1.82) is 0 Å². The average molecular weight is 286 g/mol. The zero-order chi connectivity index (χ0) is 13.1. The number of rotatable bonds is 3. The van der Waals surface area contributed by atoms with Crippen LogP contribution in [-0.2, 0) is 4.74 Å². The van der Waals surface area contributed by atoms with E-state index in [0.29, 0.717) is 10.8 Å². The third-order valence-electron chi connectivity index (χ3n) is 2.15. The number of carbonyl (C=O) groups excluding carboxylic acids is 1. The molecular weight excluding hydrogens is 277 g/mol. The smallest absolute Gasteiger partial charge is 0.342 e. The minimum atomic E-state index is -0.527. The molecule has 0 saturated heterocycles. The van der Waals surface area contributed by atoms with Gasteiger partial charge >= 0.3 is 5.97 Å². The van der Waals surface area contributed by atoms with E-state index in [1.54, 1.807) is 25.3 Å². The van der Waals surface area contributed by atoms with Gasteiger partial charge in [0.05, 0.1) is 17.8 Å². The number of pyridine rings is 1. The maximum atomic E-state index is 11.6. The average Bonchev–Trinajstić information content (AvgIpc) is 2.72. The van der Waals surface area contributed by atoms with Crippen LogP contribution in [0.5, 0.6) is 0 Å². The molecule has 0 aliphatic carbocycles. The molecule has 0 amide bonds. The van der Waals surface area contributed by atoms with Crippen molar-refractivity contribution in [3.8, 4) is 5.82 Å². The Hall–Kier alpha value is -1.59. The van der Waals surface area contributed by atoms with Crippen LogP contribution in [0.3, 0.4) is 0 Å². The van der Waals surface area contributed by atoms with Gasteiger partial charge in [0, 0.05) is 6.20 Å². The molecule has 18 heavy (non-hydrogen) atoms. The number of esters is 1. The standard InChI is InChI=1S/C11H9Cl2N3O2/c1-2-18-11(17)7-6-15-16(9(7)13)10-8(12)4-3-5-14-10/h3-6H,2H2,1H3. The largest absolute Gasteiger partial charge is 0.462 e. The maximum Gasteiger partial charge on any atom is 0.342 e. The molecule has 0 spiro atoms. The molecule has 2 aromatic heterocycles. The molecule has 0 radical (unpaired) electrons. The molecule has 94 valence electrons. The van der Waals surface area contributed by atoms with Gasteiger partial charge in [-0.2, -0.15) is 5.10 Å². The van der Waals surface area contributed by atoms with Crippen LogP contribution in [0.1, 0.15) is 17.3 Å². The Morgan fingerprint density at radius 1 is 1.50 bits per heavy atom. The first kappa shape index (κ1) is 12.9. The Morgan fingerprint density at radius 2 is 2.28 bits per heavy atom. The van der Waals surface area contributed by atoms with Crippen molar-refractivity contribution in [2.45, 2.75) is 6.92 Å². The molecule has 0 aromatic carbocycles. The second-order valence-corrected chi connectivity index (χ2v) is 4.06. The fourth-order valence-corrected chi connectivity index (χ4v) is 1.81. The molecule has 0 atom stereocenters. The van der Waals surface area contributed by atoms with Gasteiger partial charge in [0.25, 0.3) is 0 Å². The van der Waals surface area contributed by atoms with Crippen LogP contribution in [-0.4, -0.2) is 27.3 Å². The molecule has 5 nitrogen and oxygen atoms in total. The van der Waals surface area contributed by atoms with Crippen LogP contribution in [0.2, 0.25) is 10.2 Å². The number of hydrogen-bond donors (Lipinski definition) is 0. The molecule has 0 bridgehead atoms. The topological polar surface area (TPSA) is 57.0 Å². The van der Waals surface area contributed by atoms with E-state index >= 15 is 0 Å². The van der Waals surface area contributed by atoms with Crippen molar-refractivity contribution in [2.75, 3.05) is 6.61 Å². The number of ether oxygens (including phenoxy) is 1. The summed E-state index contributed by atoms with van der Waals surface area (Å²) in [6.07, 6.45) is 2.88. The first-order valence-electron chi connectivity index (χ1n) is 5.16. The Morgan fingerprint density at radius 3 is 2.94 bits per heavy atom. The number of carbonyl (C=O) groups is 1. The van der Waals surface area contributed by atoms with Gasteiger partial charge in [-0.05, 0) is 19.1 Å². The highest BCUT2D eigenvalue weighted by atomic mass is 35.5. The summed E-state index contributed by atoms with van der Waals surface area (Å²) < 4.78 is 6.15. The Kier molecular flexibility index (Phi) is 3.84. The molecule has 2 heterocycles. The van der Waals surface area contributed by atoms with E-state index < -0.39 is 5.97 Å². The molecule has 2 rings (SSSR count). The Labute approximate surface area is 113 Å². The quantitative estimate of drug-likeness (QED) is 0.814. The maximum absolute atomic E-state index is 11.6. The van der Waals surface area contributed by atoms with Gasteiger partial charge in [0.2, 0.25) is 0 Å². The molecule has 0 aliphatic rings. The predicted molar refractivity (Wildman–Crippen MR) is 67.3 cm³/mol. The molecule has 7 heteroatoms. The van der Waals surface area contributed by atoms with Crippen molar-refractivity contribution < 1.29 is 9.53 Å². The third kappa shape index (κ3) is 2.32. The van der Waals surface area contributed by atoms with Gasteiger partial charge in [-0.3, -0.25) is 0 Å². The molecule has 0 fully saturated rings. The Balaban J connectivity index is 2.43. The summed E-state index contributed by atoms with van der Waals surface area (Å²) >= 11 is 12.0. The molecule has 0 unspecified atom stereocenters. The van der Waals surface area contributed by atoms with Crippen molar-refractivity contribution in [1.82, 2.24) is 14.8 Å². The zero-order valence-corrected chi connectivity index (χ0v) is 10.9. The van der Waals surface area contributed by atoms with E-state index in [0.717, 1.165) is 0 Å². The van der Waals surface area contributed by atoms with Crippen LogP contribution in [0, 0.1) is 0 Å². The highest BCUT2D eigenvalue weighted by molar-refractivity contribution is 6.34. The number of halogens is 2. The van der Waals surface area contributed by atoms with E-state index in [-0.39, 0.29) is 17.3 Å². The SMILES string of the molecule is CCOC(=O)c1cnn(-c2ncccc2Cl)c1Cl. The Bertz CT molecular complexity index is 583. The monoisotopic (exact) mass is 285 g/mol. The first-order chi connectivity index (χ1) is 8.65. The molecular formula is C11H9Cl2N3O2. The van der Waals surface area contributed by atoms with Gasteiger partial charge in [0.1, 0.15) is 10.7 Å². The zero-order valence-electron chi connectivity index (χ0n) is 9.43. The van der Waals surface area contributed by atoms with Crippen LogP contribution in [0.15, 0.2) is 24.5 Å². The van der Waals surface area contributed by atoms with Crippen molar-refractivity contribution in [3.63, 3.8) is 0 Å². The normalized spacial score (nSPS) is 10.4. The highest BCUT2D eigenvalue weighted by Gasteiger charge is 2.19. The van der Waals surface area contributed by atoms with Crippen LogP contribution >= 0.6 is 23.2 Å². The van der Waals surface area contributed by atoms with E-state index in [2.05, 4.69) is 10.1 Å². The van der Waals surface area contributed by atoms with Crippen LogP contribution in [0.25, 0.3) is 5.82 Å². The minimum absolute atomic E-state index is 0.119. The summed E-state index contributed by atoms with van der Waals surface area (Å²) in [7, 11) is 0. The predicted octanol–water partition coefficient (Wildman–Crippen LogP) is 2.75. The lowest BCUT2D eigenvalue weighted by Gasteiger charge is -2.04. The van der Waals surface area contributed by atoms with Gasteiger partial charge in [-0.25, -0.2) is 14.5 Å². The van der Waals surface area contributed by atoms with E-state index in [1.165, 1.54) is 10.9 Å². The summed E-state index contributed by atoms with van der Waals surface area (Å²) in [5, 5.41) is 4.49. The van der Waals surface area contributed by atoms with Crippen molar-refractivity contribution in [2.24, 2.45) is 0 Å². The van der Waals surface area contributed by atoms with Gasteiger partial charge in [0.15, 0.2) is 5.82 Å². The second kappa shape index (κ2) is 5.37.